The largest absolute Gasteiger partial charge is 0.378 e. The molecule has 0 fully saturated rings. The molecule has 158 valence electrons. The summed E-state index contributed by atoms with van der Waals surface area (Å²) < 4.78 is 0. The fourth-order valence-electron chi connectivity index (χ4n) is 3.42. The third kappa shape index (κ3) is 4.50. The summed E-state index contributed by atoms with van der Waals surface area (Å²) in [5, 5.41) is 5.76. The van der Waals surface area contributed by atoms with Crippen LogP contribution in [0.2, 0.25) is 5.02 Å². The van der Waals surface area contributed by atoms with Crippen molar-refractivity contribution in [3.63, 3.8) is 0 Å². The van der Waals surface area contributed by atoms with Crippen molar-refractivity contribution in [2.24, 2.45) is 0 Å². The minimum atomic E-state index is -0.306. The zero-order chi connectivity index (χ0) is 22.0. The molecule has 31 heavy (non-hydrogen) atoms. The molecular weight excluding hydrogens is 430 g/mol. The van der Waals surface area contributed by atoms with Gasteiger partial charge in [-0.1, -0.05) is 29.8 Å². The number of halogens is 1. The Kier molecular flexibility index (Phi) is 6.11. The molecular formula is C24H22ClN3O2S. The summed E-state index contributed by atoms with van der Waals surface area (Å²) in [5.41, 5.74) is 3.57. The second-order valence-electron chi connectivity index (χ2n) is 7.43. The minimum absolute atomic E-state index is 0.270. The van der Waals surface area contributed by atoms with E-state index in [1.807, 2.05) is 85.0 Å². The van der Waals surface area contributed by atoms with Crippen molar-refractivity contribution in [3.05, 3.63) is 87.2 Å². The molecule has 2 aromatic carbocycles. The van der Waals surface area contributed by atoms with E-state index in [-0.39, 0.29) is 11.8 Å². The third-order valence-electron chi connectivity index (χ3n) is 5.13. The van der Waals surface area contributed by atoms with E-state index in [1.165, 1.54) is 16.2 Å². The zero-order valence-corrected chi connectivity index (χ0v) is 18.8. The molecule has 1 N–H and O–H groups in total. The first-order valence-corrected chi connectivity index (χ1v) is 11.1. The van der Waals surface area contributed by atoms with Crippen LogP contribution in [0, 0.1) is 0 Å². The molecule has 0 unspecified atom stereocenters. The van der Waals surface area contributed by atoms with Crippen LogP contribution >= 0.6 is 22.9 Å². The average Bonchev–Trinajstić information content (AvgIpc) is 3.36. The number of benzene rings is 2. The first kappa shape index (κ1) is 21.2. The Labute approximate surface area is 190 Å². The maximum Gasteiger partial charge on any atom is 0.278 e. The van der Waals surface area contributed by atoms with E-state index in [0.717, 1.165) is 21.8 Å². The Morgan fingerprint density at radius 2 is 1.68 bits per heavy atom. The van der Waals surface area contributed by atoms with Crippen LogP contribution in [0.15, 0.2) is 71.7 Å². The zero-order valence-electron chi connectivity index (χ0n) is 17.3. The van der Waals surface area contributed by atoms with Gasteiger partial charge >= 0.3 is 0 Å². The van der Waals surface area contributed by atoms with Crippen molar-refractivity contribution in [3.8, 4) is 0 Å². The Hall–Kier alpha value is -3.09. The van der Waals surface area contributed by atoms with Crippen LogP contribution in [0.1, 0.15) is 10.4 Å². The van der Waals surface area contributed by atoms with Crippen LogP contribution in [-0.2, 0) is 16.0 Å². The average molecular weight is 452 g/mol. The van der Waals surface area contributed by atoms with E-state index in [0.29, 0.717) is 29.3 Å². The SMILES string of the molecule is CN(C)c1ccc(NC2=C(c3cccs3)C(=O)N(CCc3ccc(Cl)cc3)C2=O)cc1. The second kappa shape index (κ2) is 8.96. The summed E-state index contributed by atoms with van der Waals surface area (Å²) in [6.45, 7) is 0.304. The molecule has 0 bridgehead atoms. The predicted octanol–water partition coefficient (Wildman–Crippen LogP) is 4.90. The van der Waals surface area contributed by atoms with Crippen LogP contribution in [0.5, 0.6) is 0 Å². The van der Waals surface area contributed by atoms with Crippen molar-refractivity contribution in [1.82, 2.24) is 4.90 Å². The number of nitrogens with one attached hydrogen (secondary N) is 1. The van der Waals surface area contributed by atoms with Gasteiger partial charge in [0.1, 0.15) is 5.70 Å². The topological polar surface area (TPSA) is 52.7 Å². The lowest BCUT2D eigenvalue weighted by Crippen LogP contribution is -2.34. The van der Waals surface area contributed by atoms with Gasteiger partial charge in [0, 0.05) is 41.9 Å². The number of hydrogen-bond donors (Lipinski definition) is 1. The van der Waals surface area contributed by atoms with E-state index >= 15 is 0 Å². The number of hydrogen-bond acceptors (Lipinski definition) is 5. The fourth-order valence-corrected chi connectivity index (χ4v) is 4.32. The summed E-state index contributed by atoms with van der Waals surface area (Å²) in [6.07, 6.45) is 0.567. The van der Waals surface area contributed by atoms with E-state index in [1.54, 1.807) is 0 Å². The van der Waals surface area contributed by atoms with Crippen molar-refractivity contribution in [2.75, 3.05) is 30.9 Å². The molecule has 0 radical (unpaired) electrons. The maximum atomic E-state index is 13.2. The van der Waals surface area contributed by atoms with E-state index < -0.39 is 0 Å². The van der Waals surface area contributed by atoms with Crippen molar-refractivity contribution < 1.29 is 9.59 Å². The van der Waals surface area contributed by atoms with Crippen LogP contribution < -0.4 is 10.2 Å². The van der Waals surface area contributed by atoms with Gasteiger partial charge in [-0.2, -0.15) is 0 Å². The highest BCUT2D eigenvalue weighted by Gasteiger charge is 2.39. The summed E-state index contributed by atoms with van der Waals surface area (Å²) in [7, 11) is 3.94. The van der Waals surface area contributed by atoms with Crippen LogP contribution in [0.3, 0.4) is 0 Å². The Balaban J connectivity index is 1.59. The first-order chi connectivity index (χ1) is 14.9. The van der Waals surface area contributed by atoms with Gasteiger partial charge in [0.05, 0.1) is 5.57 Å². The van der Waals surface area contributed by atoms with Gasteiger partial charge in [-0.05, 0) is 59.8 Å². The number of carbonyl (C=O) groups is 2. The molecule has 1 aliphatic heterocycles. The lowest BCUT2D eigenvalue weighted by Gasteiger charge is -2.16. The summed E-state index contributed by atoms with van der Waals surface area (Å²) in [4.78, 5) is 30.6. The molecule has 1 aromatic heterocycles. The van der Waals surface area contributed by atoms with Gasteiger partial charge in [-0.3, -0.25) is 14.5 Å². The number of rotatable bonds is 7. The third-order valence-corrected chi connectivity index (χ3v) is 6.27. The number of nitrogens with zero attached hydrogens (tertiary/aromatic N) is 2. The normalized spacial score (nSPS) is 13.8. The number of imide groups is 1. The highest BCUT2D eigenvalue weighted by atomic mass is 35.5. The number of carbonyl (C=O) groups excluding carboxylic acids is 2. The second-order valence-corrected chi connectivity index (χ2v) is 8.82. The molecule has 5 nitrogen and oxygen atoms in total. The number of amides is 2. The summed E-state index contributed by atoms with van der Waals surface area (Å²) in [5.74, 6) is -0.576. The molecule has 0 atom stereocenters. The standard InChI is InChI=1S/C24H22ClN3O2S/c1-27(2)19-11-9-18(10-12-19)26-22-21(20-4-3-15-31-20)23(29)28(24(22)30)14-13-16-5-7-17(25)8-6-16/h3-12,15,26H,13-14H2,1-2H3. The van der Waals surface area contributed by atoms with Gasteiger partial charge in [0.25, 0.3) is 11.8 Å². The highest BCUT2D eigenvalue weighted by molar-refractivity contribution is 7.11. The molecule has 2 heterocycles. The monoisotopic (exact) mass is 451 g/mol. The van der Waals surface area contributed by atoms with Gasteiger partial charge in [0.2, 0.25) is 0 Å². The van der Waals surface area contributed by atoms with Gasteiger partial charge < -0.3 is 10.2 Å². The van der Waals surface area contributed by atoms with Crippen LogP contribution in [-0.4, -0.2) is 37.4 Å². The minimum Gasteiger partial charge on any atom is -0.378 e. The maximum absolute atomic E-state index is 13.2. The number of thiophene rings is 1. The molecule has 1 aliphatic rings. The van der Waals surface area contributed by atoms with Gasteiger partial charge in [-0.15, -0.1) is 11.3 Å². The molecule has 0 spiro atoms. The summed E-state index contributed by atoms with van der Waals surface area (Å²) >= 11 is 7.40. The molecule has 3 aromatic rings. The smallest absolute Gasteiger partial charge is 0.278 e. The number of anilines is 2. The lowest BCUT2D eigenvalue weighted by molar-refractivity contribution is -0.136. The first-order valence-electron chi connectivity index (χ1n) is 9.87. The highest BCUT2D eigenvalue weighted by Crippen LogP contribution is 2.33. The van der Waals surface area contributed by atoms with Crippen molar-refractivity contribution in [2.45, 2.75) is 6.42 Å². The summed E-state index contributed by atoms with van der Waals surface area (Å²) in [6, 6.07) is 18.9. The molecule has 2 amide bonds. The Morgan fingerprint density at radius 1 is 0.968 bits per heavy atom. The van der Waals surface area contributed by atoms with Crippen LogP contribution in [0.4, 0.5) is 11.4 Å². The quantitative estimate of drug-likeness (QED) is 0.519. The Bertz CT molecular complexity index is 1120. The molecule has 4 rings (SSSR count). The van der Waals surface area contributed by atoms with E-state index in [2.05, 4.69) is 5.32 Å². The molecule has 7 heteroatoms. The van der Waals surface area contributed by atoms with Gasteiger partial charge in [-0.25, -0.2) is 0 Å². The Morgan fingerprint density at radius 3 is 2.29 bits per heavy atom. The van der Waals surface area contributed by atoms with E-state index in [4.69, 9.17) is 11.6 Å². The van der Waals surface area contributed by atoms with Crippen LogP contribution in [0.25, 0.3) is 5.57 Å². The molecule has 0 aliphatic carbocycles. The molecule has 0 saturated carbocycles. The van der Waals surface area contributed by atoms with Gasteiger partial charge in [0.15, 0.2) is 0 Å². The predicted molar refractivity (Wildman–Crippen MR) is 128 cm³/mol. The lowest BCUT2D eigenvalue weighted by atomic mass is 10.1. The van der Waals surface area contributed by atoms with Crippen molar-refractivity contribution in [1.29, 1.82) is 0 Å². The van der Waals surface area contributed by atoms with Crippen molar-refractivity contribution >= 4 is 51.7 Å². The van der Waals surface area contributed by atoms with E-state index in [9.17, 15) is 9.59 Å². The molecule has 0 saturated heterocycles. The fraction of sp³-hybridized carbons (Fsp3) is 0.167.